The van der Waals surface area contributed by atoms with Crippen molar-refractivity contribution < 1.29 is 50.3 Å². The number of anilines is 2. The van der Waals surface area contributed by atoms with E-state index in [1.807, 2.05) is 0 Å². The first-order valence-corrected chi connectivity index (χ1v) is 11.0. The van der Waals surface area contributed by atoms with Crippen LogP contribution in [0.2, 0.25) is 0 Å². The molecule has 15 heteroatoms. The largest absolute Gasteiger partial charge is 0.416 e. The highest BCUT2D eigenvalue weighted by molar-refractivity contribution is 5.97. The number of nitrogens with one attached hydrogen (secondary N) is 1. The fourth-order valence-corrected chi connectivity index (χ4v) is 3.74. The number of aliphatic hydroxyl groups is 1. The lowest BCUT2D eigenvalue weighted by atomic mass is 9.97. The minimum Gasteiger partial charge on any atom is -0.390 e. The number of rotatable bonds is 8. The van der Waals surface area contributed by atoms with Crippen molar-refractivity contribution >= 4 is 23.3 Å². The molecule has 3 amide bonds. The van der Waals surface area contributed by atoms with Gasteiger partial charge in [-0.05, 0) is 43.4 Å². The zero-order valence-electron chi connectivity index (χ0n) is 20.0. The van der Waals surface area contributed by atoms with E-state index >= 15 is 0 Å². The van der Waals surface area contributed by atoms with Gasteiger partial charge in [0.2, 0.25) is 5.91 Å². The van der Waals surface area contributed by atoms with Gasteiger partial charge in [0.1, 0.15) is 5.82 Å². The predicted molar refractivity (Wildman–Crippen MR) is 120 cm³/mol. The molecule has 208 valence electrons. The standard InChI is InChI=1S/C23H23F7N4O4/c1-31-10-16(35)11-33-12-38-34(21(33)37)19-8-13(22(25,26)27)7-18(23(28,29)30)17(19)9-20(36)32(2)15-5-3-14(24)4-6-15/h3-8,16,31,35H,9-12H2,1-2H3. The number of β-amino-alcohol motifs (C(OH)–C–C–N with tert-alkyl or cyclic N) is 1. The van der Waals surface area contributed by atoms with Gasteiger partial charge >= 0.3 is 18.4 Å². The fourth-order valence-electron chi connectivity index (χ4n) is 3.74. The van der Waals surface area contributed by atoms with Crippen molar-refractivity contribution in [2.24, 2.45) is 0 Å². The number of halogens is 7. The Balaban J connectivity index is 2.08. The van der Waals surface area contributed by atoms with Crippen LogP contribution in [0, 0.1) is 5.82 Å². The van der Waals surface area contributed by atoms with Crippen LogP contribution in [0.1, 0.15) is 16.7 Å². The molecule has 1 unspecified atom stereocenters. The molecule has 2 aromatic rings. The van der Waals surface area contributed by atoms with E-state index in [1.54, 1.807) is 0 Å². The molecule has 0 spiro atoms. The molecule has 1 fully saturated rings. The molecule has 2 aromatic carbocycles. The van der Waals surface area contributed by atoms with E-state index < -0.39 is 71.7 Å². The van der Waals surface area contributed by atoms with Crippen LogP contribution >= 0.6 is 0 Å². The average molecular weight is 552 g/mol. The van der Waals surface area contributed by atoms with Crippen LogP contribution < -0.4 is 15.3 Å². The van der Waals surface area contributed by atoms with Crippen LogP contribution in [0.3, 0.4) is 0 Å². The van der Waals surface area contributed by atoms with Crippen LogP contribution in [0.25, 0.3) is 0 Å². The van der Waals surface area contributed by atoms with Crippen LogP contribution in [-0.2, 0) is 28.4 Å². The maximum absolute atomic E-state index is 14.0. The number of amides is 3. The summed E-state index contributed by atoms with van der Waals surface area (Å²) in [7, 11) is 2.71. The zero-order valence-corrected chi connectivity index (χ0v) is 20.0. The Hall–Kier alpha value is -3.43. The number of likely N-dealkylation sites (N-methyl/N-ethyl adjacent to an activating group) is 2. The van der Waals surface area contributed by atoms with Gasteiger partial charge in [-0.25, -0.2) is 14.0 Å². The second kappa shape index (κ2) is 11.1. The van der Waals surface area contributed by atoms with Crippen molar-refractivity contribution in [3.05, 3.63) is 58.9 Å². The lowest BCUT2D eigenvalue weighted by molar-refractivity contribution is -0.143. The minimum atomic E-state index is -5.34. The van der Waals surface area contributed by atoms with Crippen LogP contribution in [-0.4, -0.2) is 62.0 Å². The number of aliphatic hydroxyl groups excluding tert-OH is 1. The third-order valence-corrected chi connectivity index (χ3v) is 5.65. The first-order chi connectivity index (χ1) is 17.6. The lowest BCUT2D eigenvalue weighted by Crippen LogP contribution is -2.40. The first kappa shape index (κ1) is 29.1. The summed E-state index contributed by atoms with van der Waals surface area (Å²) in [6.07, 6.45) is -12.8. The van der Waals surface area contributed by atoms with E-state index in [-0.39, 0.29) is 29.9 Å². The average Bonchev–Trinajstić information content (AvgIpc) is 3.17. The first-order valence-electron chi connectivity index (χ1n) is 11.0. The summed E-state index contributed by atoms with van der Waals surface area (Å²) in [5.74, 6) is -1.62. The summed E-state index contributed by atoms with van der Waals surface area (Å²) in [6.45, 7) is -0.857. The van der Waals surface area contributed by atoms with E-state index in [2.05, 4.69) is 5.32 Å². The molecule has 1 aliphatic heterocycles. The topological polar surface area (TPSA) is 85.3 Å². The van der Waals surface area contributed by atoms with Gasteiger partial charge in [-0.1, -0.05) is 0 Å². The molecule has 0 radical (unpaired) electrons. The third kappa shape index (κ3) is 6.52. The molecule has 38 heavy (non-hydrogen) atoms. The molecule has 8 nitrogen and oxygen atoms in total. The van der Waals surface area contributed by atoms with Gasteiger partial charge in [-0.3, -0.25) is 9.69 Å². The lowest BCUT2D eigenvalue weighted by Gasteiger charge is -2.25. The number of carbonyl (C=O) groups is 2. The molecule has 1 saturated heterocycles. The zero-order chi connectivity index (χ0) is 28.4. The monoisotopic (exact) mass is 552 g/mol. The predicted octanol–water partition coefficient (Wildman–Crippen LogP) is 3.78. The second-order valence-corrected chi connectivity index (χ2v) is 8.39. The Bertz CT molecular complexity index is 1170. The summed E-state index contributed by atoms with van der Waals surface area (Å²) < 4.78 is 95.9. The Morgan fingerprint density at radius 2 is 1.76 bits per heavy atom. The maximum Gasteiger partial charge on any atom is 0.416 e. The molecule has 0 aromatic heterocycles. The number of hydroxylamine groups is 1. The Kier molecular flexibility index (Phi) is 8.53. The SMILES string of the molecule is CNCC(O)CN1CON(c2cc(C(F)(F)F)cc(C(F)(F)F)c2CC(=O)N(C)c2ccc(F)cc2)C1=O. The fraction of sp³-hybridized carbons (Fsp3) is 0.391. The molecule has 2 N–H and O–H groups in total. The second-order valence-electron chi connectivity index (χ2n) is 8.39. The van der Waals surface area contributed by atoms with E-state index in [9.17, 15) is 45.4 Å². The number of carbonyl (C=O) groups excluding carboxylic acids is 2. The summed E-state index contributed by atoms with van der Waals surface area (Å²) in [5, 5.41) is 12.8. The van der Waals surface area contributed by atoms with Gasteiger partial charge < -0.3 is 15.3 Å². The Morgan fingerprint density at radius 1 is 1.13 bits per heavy atom. The van der Waals surface area contributed by atoms with Gasteiger partial charge in [-0.2, -0.15) is 31.4 Å². The highest BCUT2D eigenvalue weighted by Gasteiger charge is 2.43. The maximum atomic E-state index is 14.0. The number of benzene rings is 2. The number of alkyl halides is 6. The van der Waals surface area contributed by atoms with Gasteiger partial charge in [0.15, 0.2) is 6.73 Å². The minimum absolute atomic E-state index is 0.0427. The van der Waals surface area contributed by atoms with Crippen LogP contribution in [0.5, 0.6) is 0 Å². The highest BCUT2D eigenvalue weighted by atomic mass is 19.4. The Labute approximate surface area is 212 Å². The quantitative estimate of drug-likeness (QED) is 0.487. The molecule has 0 aliphatic carbocycles. The van der Waals surface area contributed by atoms with Crippen molar-refractivity contribution in [3.63, 3.8) is 0 Å². The molecule has 1 atom stereocenters. The molecule has 3 rings (SSSR count). The number of urea groups is 1. The van der Waals surface area contributed by atoms with Gasteiger partial charge in [0.05, 0.1) is 35.9 Å². The van der Waals surface area contributed by atoms with Crippen molar-refractivity contribution in [2.75, 3.05) is 43.9 Å². The van der Waals surface area contributed by atoms with Gasteiger partial charge in [0.25, 0.3) is 0 Å². The molecule has 0 bridgehead atoms. The molecule has 0 saturated carbocycles. The van der Waals surface area contributed by atoms with E-state index in [0.29, 0.717) is 6.07 Å². The van der Waals surface area contributed by atoms with E-state index in [1.165, 1.54) is 26.2 Å². The normalized spacial score (nSPS) is 15.3. The number of hydrogen-bond acceptors (Lipinski definition) is 5. The van der Waals surface area contributed by atoms with Crippen LogP contribution in [0.15, 0.2) is 36.4 Å². The van der Waals surface area contributed by atoms with Crippen molar-refractivity contribution in [1.82, 2.24) is 10.2 Å². The summed E-state index contributed by atoms with van der Waals surface area (Å²) in [6, 6.07) is 3.42. The molecule has 1 heterocycles. The van der Waals surface area contributed by atoms with Crippen molar-refractivity contribution in [1.29, 1.82) is 0 Å². The number of hydrogen-bond donors (Lipinski definition) is 2. The van der Waals surface area contributed by atoms with Gasteiger partial charge in [-0.15, -0.1) is 0 Å². The smallest absolute Gasteiger partial charge is 0.390 e. The van der Waals surface area contributed by atoms with Crippen molar-refractivity contribution in [2.45, 2.75) is 24.9 Å². The van der Waals surface area contributed by atoms with Gasteiger partial charge in [0, 0.05) is 24.8 Å². The number of nitrogens with zero attached hydrogens (tertiary/aromatic N) is 3. The van der Waals surface area contributed by atoms with E-state index in [0.717, 1.165) is 21.9 Å². The Morgan fingerprint density at radius 3 is 2.32 bits per heavy atom. The van der Waals surface area contributed by atoms with Crippen molar-refractivity contribution in [3.8, 4) is 0 Å². The summed E-state index contributed by atoms with van der Waals surface area (Å²) in [4.78, 5) is 32.7. The molecular weight excluding hydrogens is 529 g/mol. The summed E-state index contributed by atoms with van der Waals surface area (Å²) in [5.41, 5.74) is -5.25. The van der Waals surface area contributed by atoms with E-state index in [4.69, 9.17) is 4.84 Å². The highest BCUT2D eigenvalue weighted by Crippen LogP contribution is 2.43. The van der Waals surface area contributed by atoms with Crippen LogP contribution in [0.4, 0.5) is 46.9 Å². The summed E-state index contributed by atoms with van der Waals surface area (Å²) >= 11 is 0. The molecule has 1 aliphatic rings. The third-order valence-electron chi connectivity index (χ3n) is 5.65. The molecular formula is C23H23F7N4O4.